The van der Waals surface area contributed by atoms with Crippen LogP contribution in [-0.4, -0.2) is 19.1 Å². The number of ether oxygens (including phenoxy) is 1. The third-order valence-corrected chi connectivity index (χ3v) is 3.02. The summed E-state index contributed by atoms with van der Waals surface area (Å²) < 4.78 is 5.90. The maximum absolute atomic E-state index is 11.8. The maximum Gasteiger partial charge on any atom is 0.327 e. The normalized spacial score (nSPS) is 12.2. The summed E-state index contributed by atoms with van der Waals surface area (Å²) in [4.78, 5) is 11.8. The van der Waals surface area contributed by atoms with Crippen molar-refractivity contribution < 1.29 is 9.53 Å². The summed E-state index contributed by atoms with van der Waals surface area (Å²) >= 11 is 9.46. The van der Waals surface area contributed by atoms with E-state index in [1.165, 1.54) is 0 Å². The Morgan fingerprint density at radius 1 is 1.53 bits per heavy atom. The molecule has 5 heteroatoms. The zero-order chi connectivity index (χ0) is 12.8. The molecule has 0 aromatic heterocycles. The van der Waals surface area contributed by atoms with Gasteiger partial charge in [0.1, 0.15) is 6.04 Å². The lowest BCUT2D eigenvalue weighted by atomic mass is 10.1. The van der Waals surface area contributed by atoms with Crippen LogP contribution < -0.4 is 5.32 Å². The lowest BCUT2D eigenvalue weighted by molar-refractivity contribution is -0.145. The summed E-state index contributed by atoms with van der Waals surface area (Å²) in [7, 11) is 0. The van der Waals surface area contributed by atoms with E-state index in [2.05, 4.69) is 21.2 Å². The summed E-state index contributed by atoms with van der Waals surface area (Å²) in [5.74, 6) is -0.307. The average molecular weight is 321 g/mol. The van der Waals surface area contributed by atoms with Crippen molar-refractivity contribution in [1.29, 1.82) is 0 Å². The molecule has 0 fully saturated rings. The van der Waals surface area contributed by atoms with E-state index in [-0.39, 0.29) is 5.97 Å². The molecule has 3 nitrogen and oxygen atoms in total. The van der Waals surface area contributed by atoms with Gasteiger partial charge in [0.2, 0.25) is 0 Å². The molecule has 1 aromatic carbocycles. The van der Waals surface area contributed by atoms with E-state index in [1.54, 1.807) is 13.0 Å². The molecule has 1 atom stereocenters. The minimum atomic E-state index is -0.513. The molecule has 0 bridgehead atoms. The van der Waals surface area contributed by atoms with E-state index in [0.29, 0.717) is 18.2 Å². The lowest BCUT2D eigenvalue weighted by Crippen LogP contribution is -2.30. The number of esters is 1. The minimum absolute atomic E-state index is 0.307. The van der Waals surface area contributed by atoms with Gasteiger partial charge in [-0.1, -0.05) is 40.5 Å². The van der Waals surface area contributed by atoms with Crippen LogP contribution in [0.15, 0.2) is 22.7 Å². The molecule has 94 valence electrons. The van der Waals surface area contributed by atoms with Gasteiger partial charge in [-0.25, -0.2) is 4.79 Å². The maximum atomic E-state index is 11.8. The Morgan fingerprint density at radius 2 is 2.24 bits per heavy atom. The Kier molecular flexibility index (Phi) is 5.95. The second kappa shape index (κ2) is 6.99. The van der Waals surface area contributed by atoms with Crippen LogP contribution >= 0.6 is 27.5 Å². The number of rotatable bonds is 5. The van der Waals surface area contributed by atoms with Crippen molar-refractivity contribution in [2.24, 2.45) is 0 Å². The van der Waals surface area contributed by atoms with Crippen LogP contribution in [0.3, 0.4) is 0 Å². The van der Waals surface area contributed by atoms with Crippen molar-refractivity contribution in [3.63, 3.8) is 0 Å². The number of benzene rings is 1. The zero-order valence-corrected chi connectivity index (χ0v) is 12.1. The number of hydrogen-bond donors (Lipinski definition) is 1. The molecule has 0 spiro atoms. The zero-order valence-electron chi connectivity index (χ0n) is 9.80. The first-order valence-electron chi connectivity index (χ1n) is 5.45. The predicted octanol–water partition coefficient (Wildman–Crippen LogP) is 3.32. The summed E-state index contributed by atoms with van der Waals surface area (Å²) in [5, 5.41) is 3.61. The van der Waals surface area contributed by atoms with Crippen LogP contribution in [-0.2, 0) is 9.53 Å². The van der Waals surface area contributed by atoms with E-state index in [1.807, 2.05) is 19.1 Å². The predicted molar refractivity (Wildman–Crippen MR) is 72.2 cm³/mol. The van der Waals surface area contributed by atoms with E-state index < -0.39 is 6.04 Å². The van der Waals surface area contributed by atoms with Crippen LogP contribution in [0.2, 0.25) is 5.02 Å². The molecule has 17 heavy (non-hydrogen) atoms. The molecule has 0 heterocycles. The first kappa shape index (κ1) is 14.5. The molecule has 0 saturated carbocycles. The van der Waals surface area contributed by atoms with Crippen LogP contribution in [0.4, 0.5) is 0 Å². The minimum Gasteiger partial charge on any atom is -0.465 e. The average Bonchev–Trinajstić information content (AvgIpc) is 2.27. The molecule has 0 aliphatic heterocycles. The quantitative estimate of drug-likeness (QED) is 0.846. The van der Waals surface area contributed by atoms with Crippen molar-refractivity contribution in [2.75, 3.05) is 13.2 Å². The van der Waals surface area contributed by atoms with Crippen molar-refractivity contribution in [3.05, 3.63) is 33.3 Å². The molecule has 1 rings (SSSR count). The van der Waals surface area contributed by atoms with Crippen molar-refractivity contribution >= 4 is 33.5 Å². The highest BCUT2D eigenvalue weighted by molar-refractivity contribution is 9.10. The monoisotopic (exact) mass is 319 g/mol. The number of hydrogen-bond acceptors (Lipinski definition) is 3. The summed E-state index contributed by atoms with van der Waals surface area (Å²) in [6.45, 7) is 4.73. The van der Waals surface area contributed by atoms with Crippen LogP contribution in [0, 0.1) is 0 Å². The third kappa shape index (κ3) is 3.98. The topological polar surface area (TPSA) is 38.3 Å². The standard InChI is InChI=1S/C12H15BrClNO2/c1-3-15-11(12(16)17-4-2)9-6-5-8(13)7-10(9)14/h5-7,11,15H,3-4H2,1-2H3. The summed E-state index contributed by atoms with van der Waals surface area (Å²) in [6, 6.07) is 4.92. The van der Waals surface area contributed by atoms with Crippen LogP contribution in [0.5, 0.6) is 0 Å². The highest BCUT2D eigenvalue weighted by Gasteiger charge is 2.23. The number of carbonyl (C=O) groups is 1. The van der Waals surface area contributed by atoms with Crippen molar-refractivity contribution in [2.45, 2.75) is 19.9 Å². The van der Waals surface area contributed by atoms with E-state index in [9.17, 15) is 4.79 Å². The molecule has 0 aliphatic rings. The smallest absolute Gasteiger partial charge is 0.327 e. The lowest BCUT2D eigenvalue weighted by Gasteiger charge is -2.18. The molecular weight excluding hydrogens is 305 g/mol. The molecule has 1 N–H and O–H groups in total. The highest BCUT2D eigenvalue weighted by Crippen LogP contribution is 2.27. The summed E-state index contributed by atoms with van der Waals surface area (Å²) in [6.07, 6.45) is 0. The van der Waals surface area contributed by atoms with Gasteiger partial charge in [0.25, 0.3) is 0 Å². The van der Waals surface area contributed by atoms with E-state index in [4.69, 9.17) is 16.3 Å². The van der Waals surface area contributed by atoms with Gasteiger partial charge in [-0.05, 0) is 31.2 Å². The second-order valence-electron chi connectivity index (χ2n) is 3.41. The van der Waals surface area contributed by atoms with Gasteiger partial charge in [-0.3, -0.25) is 0 Å². The molecular formula is C12H15BrClNO2. The Bertz CT molecular complexity index is 398. The fourth-order valence-corrected chi connectivity index (χ4v) is 2.27. The van der Waals surface area contributed by atoms with E-state index >= 15 is 0 Å². The number of likely N-dealkylation sites (N-methyl/N-ethyl adjacent to an activating group) is 1. The first-order valence-corrected chi connectivity index (χ1v) is 6.62. The van der Waals surface area contributed by atoms with Gasteiger partial charge in [0.05, 0.1) is 6.61 Å². The van der Waals surface area contributed by atoms with Gasteiger partial charge in [-0.15, -0.1) is 0 Å². The van der Waals surface area contributed by atoms with Crippen molar-refractivity contribution in [1.82, 2.24) is 5.32 Å². The van der Waals surface area contributed by atoms with Crippen molar-refractivity contribution in [3.8, 4) is 0 Å². The van der Waals surface area contributed by atoms with Gasteiger partial charge in [0, 0.05) is 9.50 Å². The highest BCUT2D eigenvalue weighted by atomic mass is 79.9. The van der Waals surface area contributed by atoms with Gasteiger partial charge in [-0.2, -0.15) is 0 Å². The molecule has 1 unspecified atom stereocenters. The second-order valence-corrected chi connectivity index (χ2v) is 4.73. The molecule has 0 aliphatic carbocycles. The Morgan fingerprint density at radius 3 is 2.76 bits per heavy atom. The van der Waals surface area contributed by atoms with Gasteiger partial charge >= 0.3 is 5.97 Å². The van der Waals surface area contributed by atoms with Gasteiger partial charge in [0.15, 0.2) is 0 Å². The largest absolute Gasteiger partial charge is 0.465 e. The molecule has 0 saturated heterocycles. The molecule has 0 radical (unpaired) electrons. The van der Waals surface area contributed by atoms with Gasteiger partial charge < -0.3 is 10.1 Å². The number of carbonyl (C=O) groups excluding carboxylic acids is 1. The number of halogens is 2. The van der Waals surface area contributed by atoms with E-state index in [0.717, 1.165) is 10.0 Å². The summed E-state index contributed by atoms with van der Waals surface area (Å²) in [5.41, 5.74) is 0.732. The first-order chi connectivity index (χ1) is 8.10. The SMILES string of the molecule is CCNC(C(=O)OCC)c1ccc(Br)cc1Cl. The Balaban J connectivity index is 3.00. The van der Waals surface area contributed by atoms with Crippen LogP contribution in [0.1, 0.15) is 25.5 Å². The Hall–Kier alpha value is -0.580. The molecule has 1 aromatic rings. The fraction of sp³-hybridized carbons (Fsp3) is 0.417. The number of nitrogens with one attached hydrogen (secondary N) is 1. The molecule has 0 amide bonds. The van der Waals surface area contributed by atoms with Crippen LogP contribution in [0.25, 0.3) is 0 Å². The third-order valence-electron chi connectivity index (χ3n) is 2.20. The fourth-order valence-electron chi connectivity index (χ4n) is 1.49. The Labute approximate surface area is 115 Å².